The molecule has 1 aliphatic rings. The molecule has 7 heteroatoms. The molecule has 0 spiro atoms. The number of anilines is 1. The van der Waals surface area contributed by atoms with Crippen molar-refractivity contribution in [2.24, 2.45) is 0 Å². The molecule has 0 unspecified atom stereocenters. The SMILES string of the molecule is CN1CCN(c2ccc(-n3ccc(=O)[nH]c3=O)cc2F)CC1. The molecule has 22 heavy (non-hydrogen) atoms. The number of piperazine rings is 1. The summed E-state index contributed by atoms with van der Waals surface area (Å²) in [6, 6.07) is 5.89. The van der Waals surface area contributed by atoms with Gasteiger partial charge in [-0.2, -0.15) is 0 Å². The number of aromatic nitrogens is 2. The first-order valence-electron chi connectivity index (χ1n) is 7.10. The van der Waals surface area contributed by atoms with Gasteiger partial charge in [-0.3, -0.25) is 14.3 Å². The molecule has 1 aliphatic heterocycles. The third-order valence-corrected chi connectivity index (χ3v) is 3.88. The highest BCUT2D eigenvalue weighted by molar-refractivity contribution is 5.52. The first-order valence-corrected chi connectivity index (χ1v) is 7.10. The molecule has 1 aromatic heterocycles. The van der Waals surface area contributed by atoms with Crippen molar-refractivity contribution in [1.29, 1.82) is 0 Å². The van der Waals surface area contributed by atoms with Gasteiger partial charge in [-0.25, -0.2) is 9.18 Å². The van der Waals surface area contributed by atoms with Crippen molar-refractivity contribution in [3.05, 3.63) is 57.1 Å². The van der Waals surface area contributed by atoms with E-state index in [1.54, 1.807) is 12.1 Å². The van der Waals surface area contributed by atoms with Gasteiger partial charge in [0, 0.05) is 44.5 Å². The Kier molecular flexibility index (Phi) is 3.81. The Morgan fingerprint density at radius 2 is 1.82 bits per heavy atom. The maximum absolute atomic E-state index is 14.4. The summed E-state index contributed by atoms with van der Waals surface area (Å²) in [5.74, 6) is -0.375. The number of H-pyrrole nitrogens is 1. The number of nitrogens with zero attached hydrogens (tertiary/aromatic N) is 3. The molecule has 0 bridgehead atoms. The van der Waals surface area contributed by atoms with E-state index in [1.165, 1.54) is 22.9 Å². The Morgan fingerprint density at radius 3 is 2.45 bits per heavy atom. The topological polar surface area (TPSA) is 61.3 Å². The molecule has 1 N–H and O–H groups in total. The van der Waals surface area contributed by atoms with E-state index in [-0.39, 0.29) is 5.82 Å². The molecule has 6 nitrogen and oxygen atoms in total. The predicted octanol–water partition coefficient (Wildman–Crippen LogP) is 0.417. The van der Waals surface area contributed by atoms with Gasteiger partial charge in [0.05, 0.1) is 11.4 Å². The van der Waals surface area contributed by atoms with Gasteiger partial charge in [0.2, 0.25) is 0 Å². The van der Waals surface area contributed by atoms with Crippen LogP contribution < -0.4 is 16.1 Å². The van der Waals surface area contributed by atoms with Crippen LogP contribution in [0, 0.1) is 5.82 Å². The first kappa shape index (κ1) is 14.5. The Morgan fingerprint density at radius 1 is 1.09 bits per heavy atom. The number of rotatable bonds is 2. The number of hydrogen-bond acceptors (Lipinski definition) is 4. The standard InChI is InChI=1S/C15H17FN4O2/c1-18-6-8-19(9-7-18)13-3-2-11(10-12(13)16)20-5-4-14(21)17-15(20)22/h2-5,10H,6-9H2,1H3,(H,17,21,22). The van der Waals surface area contributed by atoms with E-state index in [0.717, 1.165) is 26.2 Å². The smallest absolute Gasteiger partial charge is 0.332 e. The van der Waals surface area contributed by atoms with E-state index >= 15 is 0 Å². The molecule has 2 aromatic rings. The lowest BCUT2D eigenvalue weighted by atomic mass is 10.2. The average Bonchev–Trinajstić information content (AvgIpc) is 2.48. The van der Waals surface area contributed by atoms with E-state index < -0.39 is 11.2 Å². The maximum atomic E-state index is 14.4. The second-order valence-corrected chi connectivity index (χ2v) is 5.41. The van der Waals surface area contributed by atoms with E-state index in [0.29, 0.717) is 11.4 Å². The molecule has 0 atom stereocenters. The van der Waals surface area contributed by atoms with Crippen LogP contribution in [0.1, 0.15) is 0 Å². The molecule has 1 fully saturated rings. The summed E-state index contributed by atoms with van der Waals surface area (Å²) < 4.78 is 15.6. The highest BCUT2D eigenvalue weighted by atomic mass is 19.1. The van der Waals surface area contributed by atoms with E-state index in [1.807, 2.05) is 11.9 Å². The molecular formula is C15H17FN4O2. The lowest BCUT2D eigenvalue weighted by Crippen LogP contribution is -2.44. The molecule has 116 valence electrons. The summed E-state index contributed by atoms with van der Waals surface area (Å²) in [4.78, 5) is 29.2. The Bertz CT molecular complexity index is 791. The molecule has 0 aliphatic carbocycles. The summed E-state index contributed by atoms with van der Waals surface area (Å²) in [5.41, 5.74) is -0.138. The van der Waals surface area contributed by atoms with Crippen LogP contribution in [-0.4, -0.2) is 47.7 Å². The van der Waals surface area contributed by atoms with Crippen molar-refractivity contribution < 1.29 is 4.39 Å². The third-order valence-electron chi connectivity index (χ3n) is 3.88. The van der Waals surface area contributed by atoms with Crippen molar-refractivity contribution in [2.45, 2.75) is 0 Å². The summed E-state index contributed by atoms with van der Waals surface area (Å²) >= 11 is 0. The summed E-state index contributed by atoms with van der Waals surface area (Å²) in [7, 11) is 2.04. The molecule has 0 saturated carbocycles. The van der Waals surface area contributed by atoms with Crippen molar-refractivity contribution in [2.75, 3.05) is 38.1 Å². The second-order valence-electron chi connectivity index (χ2n) is 5.41. The van der Waals surface area contributed by atoms with E-state index in [4.69, 9.17) is 0 Å². The van der Waals surface area contributed by atoms with Crippen molar-refractivity contribution in [3.8, 4) is 5.69 Å². The highest BCUT2D eigenvalue weighted by Gasteiger charge is 2.17. The van der Waals surface area contributed by atoms with E-state index in [9.17, 15) is 14.0 Å². The van der Waals surface area contributed by atoms with Crippen molar-refractivity contribution >= 4 is 5.69 Å². The van der Waals surface area contributed by atoms with Crippen LogP contribution in [0.4, 0.5) is 10.1 Å². The first-order chi connectivity index (χ1) is 10.5. The molecule has 0 amide bonds. The zero-order valence-corrected chi connectivity index (χ0v) is 12.3. The van der Waals surface area contributed by atoms with Crippen molar-refractivity contribution in [3.63, 3.8) is 0 Å². The van der Waals surface area contributed by atoms with Gasteiger partial charge in [0.1, 0.15) is 5.82 Å². The molecule has 1 saturated heterocycles. The minimum Gasteiger partial charge on any atom is -0.367 e. The van der Waals surface area contributed by atoms with Gasteiger partial charge in [0.15, 0.2) is 0 Å². The second kappa shape index (κ2) is 5.76. The largest absolute Gasteiger partial charge is 0.367 e. The van der Waals surface area contributed by atoms with Crippen LogP contribution in [0.15, 0.2) is 40.1 Å². The summed E-state index contributed by atoms with van der Waals surface area (Å²) in [5, 5.41) is 0. The van der Waals surface area contributed by atoms with Crippen LogP contribution in [0.5, 0.6) is 0 Å². The van der Waals surface area contributed by atoms with E-state index in [2.05, 4.69) is 9.88 Å². The molecule has 1 aromatic carbocycles. The summed E-state index contributed by atoms with van der Waals surface area (Å²) in [6.07, 6.45) is 1.34. The fourth-order valence-corrected chi connectivity index (χ4v) is 2.57. The molecule has 2 heterocycles. The van der Waals surface area contributed by atoms with Gasteiger partial charge in [-0.1, -0.05) is 0 Å². The maximum Gasteiger partial charge on any atom is 0.332 e. The fraction of sp³-hybridized carbons (Fsp3) is 0.333. The number of benzene rings is 1. The van der Waals surface area contributed by atoms with Gasteiger partial charge < -0.3 is 9.80 Å². The third kappa shape index (κ3) is 2.80. The zero-order valence-electron chi connectivity index (χ0n) is 12.3. The van der Waals surface area contributed by atoms with Crippen LogP contribution >= 0.6 is 0 Å². The summed E-state index contributed by atoms with van der Waals surface area (Å²) in [6.45, 7) is 3.32. The lowest BCUT2D eigenvalue weighted by Gasteiger charge is -2.34. The number of nitrogens with one attached hydrogen (secondary N) is 1. The van der Waals surface area contributed by atoms with Crippen LogP contribution in [-0.2, 0) is 0 Å². The van der Waals surface area contributed by atoms with Gasteiger partial charge in [0.25, 0.3) is 5.56 Å². The van der Waals surface area contributed by atoms with Crippen LogP contribution in [0.2, 0.25) is 0 Å². The van der Waals surface area contributed by atoms with Crippen LogP contribution in [0.3, 0.4) is 0 Å². The molecule has 0 radical (unpaired) electrons. The monoisotopic (exact) mass is 304 g/mol. The van der Waals surface area contributed by atoms with Crippen LogP contribution in [0.25, 0.3) is 5.69 Å². The zero-order chi connectivity index (χ0) is 15.7. The van der Waals surface area contributed by atoms with Crippen molar-refractivity contribution in [1.82, 2.24) is 14.5 Å². The predicted molar refractivity (Wildman–Crippen MR) is 82.3 cm³/mol. The fourth-order valence-electron chi connectivity index (χ4n) is 2.57. The quantitative estimate of drug-likeness (QED) is 0.873. The Labute approximate surface area is 126 Å². The Hall–Kier alpha value is -2.41. The van der Waals surface area contributed by atoms with Gasteiger partial charge in [-0.05, 0) is 19.2 Å². The normalized spacial score (nSPS) is 16.0. The molecular weight excluding hydrogens is 287 g/mol. The number of hydrogen-bond donors (Lipinski definition) is 1. The lowest BCUT2D eigenvalue weighted by molar-refractivity contribution is 0.311. The molecule has 3 rings (SSSR count). The number of aromatic amines is 1. The minimum atomic E-state index is -0.584. The minimum absolute atomic E-state index is 0.375. The van der Waals surface area contributed by atoms with Gasteiger partial charge in [-0.15, -0.1) is 0 Å². The number of halogens is 1. The Balaban J connectivity index is 1.92. The average molecular weight is 304 g/mol. The highest BCUT2D eigenvalue weighted by Crippen LogP contribution is 2.22. The van der Waals surface area contributed by atoms with Gasteiger partial charge >= 0.3 is 5.69 Å². The number of likely N-dealkylation sites (N-methyl/N-ethyl adjacent to an activating group) is 1.